The number of anilines is 2. The Morgan fingerprint density at radius 3 is 2.85 bits per heavy atom. The van der Waals surface area contributed by atoms with Crippen LogP contribution in [0.5, 0.6) is 0 Å². The smallest absolute Gasteiger partial charge is 0.259 e. The van der Waals surface area contributed by atoms with Crippen LogP contribution in [0.2, 0.25) is 0 Å². The maximum absolute atomic E-state index is 12.7. The average Bonchev–Trinajstić information content (AvgIpc) is 3.09. The molecule has 1 saturated carbocycles. The van der Waals surface area contributed by atoms with E-state index in [1.807, 2.05) is 10.8 Å². The normalized spacial score (nSPS) is 14.5. The van der Waals surface area contributed by atoms with Gasteiger partial charge in [0, 0.05) is 29.7 Å². The van der Waals surface area contributed by atoms with E-state index in [4.69, 9.17) is 0 Å². The number of carbonyl (C=O) groups is 1. The van der Waals surface area contributed by atoms with Crippen molar-refractivity contribution in [2.75, 3.05) is 16.3 Å². The molecule has 1 fully saturated rings. The number of nitrogens with zero attached hydrogens (tertiary/aromatic N) is 2. The molecule has 1 aromatic carbocycles. The summed E-state index contributed by atoms with van der Waals surface area (Å²) in [6.07, 6.45) is 6.96. The highest BCUT2D eigenvalue weighted by Gasteiger charge is 2.24. The summed E-state index contributed by atoms with van der Waals surface area (Å²) in [4.78, 5) is 16.8. The quantitative estimate of drug-likeness (QED) is 0.676. The second-order valence-corrected chi connectivity index (χ2v) is 9.18. The maximum atomic E-state index is 12.7. The highest BCUT2D eigenvalue weighted by atomic mass is 32.2. The number of hydrogen-bond acceptors (Lipinski definition) is 5. The number of amides is 1. The molecule has 3 aromatic rings. The summed E-state index contributed by atoms with van der Waals surface area (Å²) >= 11 is 1.36. The van der Waals surface area contributed by atoms with E-state index < -0.39 is 10.0 Å². The van der Waals surface area contributed by atoms with Crippen LogP contribution < -0.4 is 10.0 Å². The fraction of sp³-hybridized carbons (Fsp3) is 0.294. The van der Waals surface area contributed by atoms with Gasteiger partial charge in [-0.25, -0.2) is 13.4 Å². The summed E-state index contributed by atoms with van der Waals surface area (Å²) in [5, 5.41) is 5.95. The number of hydrogen-bond donors (Lipinski definition) is 2. The van der Waals surface area contributed by atoms with E-state index in [-0.39, 0.29) is 5.91 Å². The SMILES string of the molecule is CS(=O)(=O)Nc1ccc2c(C(=O)Nc3nccs3)cn(CC3CC3)c2c1. The average molecular weight is 390 g/mol. The molecule has 0 bridgehead atoms. The molecule has 0 saturated heterocycles. The third kappa shape index (κ3) is 3.73. The summed E-state index contributed by atoms with van der Waals surface area (Å²) in [7, 11) is -3.36. The van der Waals surface area contributed by atoms with Crippen molar-refractivity contribution in [1.29, 1.82) is 0 Å². The number of aromatic nitrogens is 2. The first-order chi connectivity index (χ1) is 12.4. The van der Waals surface area contributed by atoms with Crippen LogP contribution in [-0.4, -0.2) is 30.1 Å². The van der Waals surface area contributed by atoms with Gasteiger partial charge in [0.15, 0.2) is 5.13 Å². The van der Waals surface area contributed by atoms with Crippen molar-refractivity contribution in [3.8, 4) is 0 Å². The van der Waals surface area contributed by atoms with Crippen LogP contribution in [0.1, 0.15) is 23.2 Å². The molecule has 136 valence electrons. The molecular weight excluding hydrogens is 372 g/mol. The number of carbonyl (C=O) groups excluding carboxylic acids is 1. The van der Waals surface area contributed by atoms with Crippen molar-refractivity contribution < 1.29 is 13.2 Å². The lowest BCUT2D eigenvalue weighted by atomic mass is 10.1. The van der Waals surface area contributed by atoms with Crippen molar-refractivity contribution in [1.82, 2.24) is 9.55 Å². The summed E-state index contributed by atoms with van der Waals surface area (Å²) in [6, 6.07) is 5.23. The number of fused-ring (bicyclic) bond motifs is 1. The highest BCUT2D eigenvalue weighted by molar-refractivity contribution is 7.92. The van der Waals surface area contributed by atoms with Gasteiger partial charge >= 0.3 is 0 Å². The predicted octanol–water partition coefficient (Wildman–Crippen LogP) is 3.13. The topological polar surface area (TPSA) is 93.1 Å². The molecule has 2 aromatic heterocycles. The monoisotopic (exact) mass is 390 g/mol. The second-order valence-electron chi connectivity index (χ2n) is 6.54. The molecule has 0 radical (unpaired) electrons. The van der Waals surface area contributed by atoms with Gasteiger partial charge in [-0.15, -0.1) is 11.3 Å². The van der Waals surface area contributed by atoms with Gasteiger partial charge in [0.2, 0.25) is 10.0 Å². The molecule has 7 nitrogen and oxygen atoms in total. The summed E-state index contributed by atoms with van der Waals surface area (Å²) < 4.78 is 27.6. The lowest BCUT2D eigenvalue weighted by molar-refractivity contribution is 0.102. The van der Waals surface area contributed by atoms with Crippen LogP contribution in [0.15, 0.2) is 36.0 Å². The van der Waals surface area contributed by atoms with Crippen LogP contribution >= 0.6 is 11.3 Å². The Labute approximate surface area is 155 Å². The standard InChI is InChI=1S/C17H18N4O3S2/c1-26(23,24)20-12-4-5-13-14(16(22)19-17-18-6-7-25-17)10-21(15(13)8-12)9-11-2-3-11/h4-8,10-11,20H,2-3,9H2,1H3,(H,18,19,22). The minimum Gasteiger partial charge on any atom is -0.346 e. The van der Waals surface area contributed by atoms with Crippen molar-refractivity contribution in [2.24, 2.45) is 5.92 Å². The van der Waals surface area contributed by atoms with Crippen molar-refractivity contribution in [3.05, 3.63) is 41.5 Å². The molecule has 9 heteroatoms. The molecule has 0 unspecified atom stereocenters. The number of nitrogens with one attached hydrogen (secondary N) is 2. The fourth-order valence-electron chi connectivity index (χ4n) is 2.93. The minimum atomic E-state index is -3.36. The number of benzene rings is 1. The number of sulfonamides is 1. The summed E-state index contributed by atoms with van der Waals surface area (Å²) in [5.74, 6) is 0.398. The molecule has 1 aliphatic rings. The van der Waals surface area contributed by atoms with Gasteiger partial charge < -0.3 is 4.57 Å². The van der Waals surface area contributed by atoms with E-state index in [9.17, 15) is 13.2 Å². The van der Waals surface area contributed by atoms with Crippen LogP contribution in [0, 0.1) is 5.92 Å². The molecule has 0 spiro atoms. The summed E-state index contributed by atoms with van der Waals surface area (Å²) in [5.41, 5.74) is 1.89. The van der Waals surface area contributed by atoms with Gasteiger partial charge in [-0.1, -0.05) is 0 Å². The Morgan fingerprint density at radius 2 is 2.19 bits per heavy atom. The number of rotatable bonds is 6. The van der Waals surface area contributed by atoms with Gasteiger partial charge in [0.1, 0.15) is 0 Å². The zero-order chi connectivity index (χ0) is 18.3. The van der Waals surface area contributed by atoms with Crippen LogP contribution in [0.3, 0.4) is 0 Å². The lowest BCUT2D eigenvalue weighted by Crippen LogP contribution is -2.11. The molecule has 0 aliphatic heterocycles. The molecule has 2 N–H and O–H groups in total. The molecule has 26 heavy (non-hydrogen) atoms. The highest BCUT2D eigenvalue weighted by Crippen LogP contribution is 2.34. The Morgan fingerprint density at radius 1 is 1.38 bits per heavy atom. The predicted molar refractivity (Wildman–Crippen MR) is 103 cm³/mol. The number of thiazole rings is 1. The van der Waals surface area contributed by atoms with Crippen molar-refractivity contribution in [3.63, 3.8) is 0 Å². The zero-order valence-corrected chi connectivity index (χ0v) is 15.7. The maximum Gasteiger partial charge on any atom is 0.259 e. The Bertz CT molecular complexity index is 1070. The van der Waals surface area contributed by atoms with E-state index in [1.165, 1.54) is 24.2 Å². The Balaban J connectivity index is 1.73. The molecule has 0 atom stereocenters. The first-order valence-corrected chi connectivity index (χ1v) is 11.0. The van der Waals surface area contributed by atoms with Crippen LogP contribution in [-0.2, 0) is 16.6 Å². The molecule has 1 aliphatic carbocycles. The van der Waals surface area contributed by atoms with Gasteiger partial charge in [0.25, 0.3) is 5.91 Å². The molecule has 2 heterocycles. The zero-order valence-electron chi connectivity index (χ0n) is 14.1. The third-order valence-corrected chi connectivity index (χ3v) is 5.53. The van der Waals surface area contributed by atoms with Crippen molar-refractivity contribution in [2.45, 2.75) is 19.4 Å². The fourth-order valence-corrected chi connectivity index (χ4v) is 4.01. The van der Waals surface area contributed by atoms with E-state index in [0.29, 0.717) is 22.3 Å². The first kappa shape index (κ1) is 17.0. The van der Waals surface area contributed by atoms with Gasteiger partial charge in [0.05, 0.1) is 23.0 Å². The lowest BCUT2D eigenvalue weighted by Gasteiger charge is -2.07. The van der Waals surface area contributed by atoms with E-state index >= 15 is 0 Å². The molecule has 1 amide bonds. The van der Waals surface area contributed by atoms with Crippen LogP contribution in [0.25, 0.3) is 10.9 Å². The second kappa shape index (κ2) is 6.40. The Kier molecular flexibility index (Phi) is 4.20. The van der Waals surface area contributed by atoms with Gasteiger partial charge in [-0.3, -0.25) is 14.8 Å². The Hall–Kier alpha value is -2.39. The van der Waals surface area contributed by atoms with Crippen molar-refractivity contribution >= 4 is 49.0 Å². The minimum absolute atomic E-state index is 0.219. The van der Waals surface area contributed by atoms with Gasteiger partial charge in [-0.2, -0.15) is 0 Å². The van der Waals surface area contributed by atoms with E-state index in [1.54, 1.807) is 29.8 Å². The van der Waals surface area contributed by atoms with E-state index in [2.05, 4.69) is 15.0 Å². The summed E-state index contributed by atoms with van der Waals surface area (Å²) in [6.45, 7) is 0.823. The largest absolute Gasteiger partial charge is 0.346 e. The molecular formula is C17H18N4O3S2. The van der Waals surface area contributed by atoms with E-state index in [0.717, 1.165) is 23.7 Å². The van der Waals surface area contributed by atoms with Crippen LogP contribution in [0.4, 0.5) is 10.8 Å². The third-order valence-electron chi connectivity index (χ3n) is 4.23. The van der Waals surface area contributed by atoms with Gasteiger partial charge in [-0.05, 0) is 37.0 Å². The molecule has 4 rings (SSSR count). The first-order valence-electron chi connectivity index (χ1n) is 8.20.